The number of hydrogen-bond donors (Lipinski definition) is 2. The molecule has 8 heteroatoms. The first-order chi connectivity index (χ1) is 8.88. The second-order valence-electron chi connectivity index (χ2n) is 4.82. The van der Waals surface area contributed by atoms with Gasteiger partial charge < -0.3 is 11.1 Å². The van der Waals surface area contributed by atoms with Gasteiger partial charge in [0, 0.05) is 37.6 Å². The summed E-state index contributed by atoms with van der Waals surface area (Å²) in [7, 11) is 0. The van der Waals surface area contributed by atoms with E-state index in [1.807, 2.05) is 12.4 Å². The molecule has 3 N–H and O–H groups in total. The Morgan fingerprint density at radius 3 is 2.10 bits per heavy atom. The Kier molecular flexibility index (Phi) is 14.6. The third kappa shape index (κ3) is 8.63. The molecule has 1 aromatic heterocycles. The molecule has 0 spiro atoms. The molecule has 1 fully saturated rings. The largest absolute Gasteiger partial charge is 0.353 e. The van der Waals surface area contributed by atoms with Crippen molar-refractivity contribution < 1.29 is 0 Å². The number of rotatable bonds is 5. The average molecular weight is 359 g/mol. The molecule has 2 heterocycles. The Hall–Kier alpha value is -0.330. The highest BCUT2D eigenvalue weighted by molar-refractivity contribution is 5.86. The lowest BCUT2D eigenvalue weighted by atomic mass is 10.2. The minimum Gasteiger partial charge on any atom is -0.353 e. The Balaban J connectivity index is 0. The number of likely N-dealkylation sites (tertiary alicyclic amines) is 1. The zero-order chi connectivity index (χ0) is 12.6. The summed E-state index contributed by atoms with van der Waals surface area (Å²) in [4.78, 5) is 11.1. The maximum absolute atomic E-state index is 5.42. The Labute approximate surface area is 145 Å². The zero-order valence-electron chi connectivity index (χ0n) is 12.2. The number of nitrogens with one attached hydrogen (secondary N) is 1. The first-order valence-corrected chi connectivity index (χ1v) is 6.86. The van der Waals surface area contributed by atoms with Crippen LogP contribution in [0.2, 0.25) is 0 Å². The van der Waals surface area contributed by atoms with Crippen LogP contribution >= 0.6 is 37.2 Å². The van der Waals surface area contributed by atoms with Crippen LogP contribution in [0.4, 0.5) is 5.95 Å². The Morgan fingerprint density at radius 1 is 1.00 bits per heavy atom. The van der Waals surface area contributed by atoms with E-state index in [4.69, 9.17) is 5.73 Å². The molecule has 1 aliphatic rings. The topological polar surface area (TPSA) is 67.1 Å². The minimum atomic E-state index is 0. The molecular weight excluding hydrogens is 333 g/mol. The van der Waals surface area contributed by atoms with Crippen molar-refractivity contribution in [1.82, 2.24) is 14.9 Å². The van der Waals surface area contributed by atoms with Crippen molar-refractivity contribution >= 4 is 43.2 Å². The summed E-state index contributed by atoms with van der Waals surface area (Å²) in [5.74, 6) is 0.667. The molecular formula is C13H26Cl3N5. The number of nitrogens with two attached hydrogens (primary N) is 1. The van der Waals surface area contributed by atoms with E-state index in [1.165, 1.54) is 44.3 Å². The number of aromatic nitrogens is 2. The van der Waals surface area contributed by atoms with Crippen LogP contribution in [0.3, 0.4) is 0 Å². The standard InChI is InChI=1S/C13H23N5.3ClH/c14-5-6-15-13-16-9-12(10-17-13)11-18-7-3-1-2-4-8-18;;;/h9-10H,1-8,11,14H2,(H,15,16,17);3*1H. The number of halogens is 3. The maximum Gasteiger partial charge on any atom is 0.222 e. The van der Waals surface area contributed by atoms with Crippen molar-refractivity contribution in [3.8, 4) is 0 Å². The van der Waals surface area contributed by atoms with E-state index in [0.717, 1.165) is 6.54 Å². The summed E-state index contributed by atoms with van der Waals surface area (Å²) >= 11 is 0. The van der Waals surface area contributed by atoms with E-state index < -0.39 is 0 Å². The molecule has 0 amide bonds. The maximum atomic E-state index is 5.42. The average Bonchev–Trinajstić information content (AvgIpc) is 2.67. The fraction of sp³-hybridized carbons (Fsp3) is 0.692. The number of nitrogens with zero attached hydrogens (tertiary/aromatic N) is 3. The molecule has 5 nitrogen and oxygen atoms in total. The van der Waals surface area contributed by atoms with Crippen molar-refractivity contribution in [2.45, 2.75) is 32.2 Å². The van der Waals surface area contributed by atoms with Gasteiger partial charge in [0.15, 0.2) is 0 Å². The minimum absolute atomic E-state index is 0. The molecule has 124 valence electrons. The highest BCUT2D eigenvalue weighted by Gasteiger charge is 2.09. The summed E-state index contributed by atoms with van der Waals surface area (Å²) in [6, 6.07) is 0. The molecule has 21 heavy (non-hydrogen) atoms. The van der Waals surface area contributed by atoms with Gasteiger partial charge in [0.25, 0.3) is 0 Å². The molecule has 0 aliphatic carbocycles. The van der Waals surface area contributed by atoms with Crippen molar-refractivity contribution in [3.63, 3.8) is 0 Å². The van der Waals surface area contributed by atoms with Crippen LogP contribution in [-0.4, -0.2) is 41.0 Å². The van der Waals surface area contributed by atoms with E-state index in [2.05, 4.69) is 20.2 Å². The van der Waals surface area contributed by atoms with Gasteiger partial charge in [0.2, 0.25) is 5.95 Å². The van der Waals surface area contributed by atoms with Crippen molar-refractivity contribution in [2.75, 3.05) is 31.5 Å². The van der Waals surface area contributed by atoms with E-state index >= 15 is 0 Å². The van der Waals surface area contributed by atoms with Gasteiger partial charge in [0.1, 0.15) is 0 Å². The summed E-state index contributed by atoms with van der Waals surface area (Å²) in [5, 5.41) is 3.07. The van der Waals surface area contributed by atoms with Crippen LogP contribution < -0.4 is 11.1 Å². The predicted octanol–water partition coefficient (Wildman–Crippen LogP) is 2.49. The highest BCUT2D eigenvalue weighted by Crippen LogP contribution is 2.12. The molecule has 0 atom stereocenters. The first kappa shape index (κ1) is 22.9. The SMILES string of the molecule is Cl.Cl.Cl.NCCNc1ncc(CN2CCCCCC2)cn1. The highest BCUT2D eigenvalue weighted by atomic mass is 35.5. The lowest BCUT2D eigenvalue weighted by Crippen LogP contribution is -2.24. The third-order valence-corrected chi connectivity index (χ3v) is 3.24. The Morgan fingerprint density at radius 2 is 1.57 bits per heavy atom. The smallest absolute Gasteiger partial charge is 0.222 e. The molecule has 1 aromatic rings. The molecule has 0 unspecified atom stereocenters. The first-order valence-electron chi connectivity index (χ1n) is 6.86. The van der Waals surface area contributed by atoms with Gasteiger partial charge >= 0.3 is 0 Å². The van der Waals surface area contributed by atoms with Crippen LogP contribution in [0.5, 0.6) is 0 Å². The molecule has 1 saturated heterocycles. The fourth-order valence-corrected chi connectivity index (χ4v) is 2.26. The van der Waals surface area contributed by atoms with Crippen molar-refractivity contribution in [3.05, 3.63) is 18.0 Å². The van der Waals surface area contributed by atoms with Gasteiger partial charge in [-0.15, -0.1) is 37.2 Å². The van der Waals surface area contributed by atoms with Gasteiger partial charge in [-0.2, -0.15) is 0 Å². The lowest BCUT2D eigenvalue weighted by Gasteiger charge is -2.19. The van der Waals surface area contributed by atoms with Crippen LogP contribution in [0.25, 0.3) is 0 Å². The van der Waals surface area contributed by atoms with Crippen LogP contribution in [0.15, 0.2) is 12.4 Å². The molecule has 0 bridgehead atoms. The summed E-state index contributed by atoms with van der Waals surface area (Å²) in [5.41, 5.74) is 6.61. The van der Waals surface area contributed by atoms with E-state index in [9.17, 15) is 0 Å². The van der Waals surface area contributed by atoms with Crippen molar-refractivity contribution in [2.24, 2.45) is 5.73 Å². The fourth-order valence-electron chi connectivity index (χ4n) is 2.26. The number of hydrogen-bond acceptors (Lipinski definition) is 5. The molecule has 1 aliphatic heterocycles. The molecule has 0 saturated carbocycles. The van der Waals surface area contributed by atoms with Gasteiger partial charge in [-0.05, 0) is 25.9 Å². The monoisotopic (exact) mass is 357 g/mol. The quantitative estimate of drug-likeness (QED) is 0.846. The van der Waals surface area contributed by atoms with Gasteiger partial charge in [-0.3, -0.25) is 4.90 Å². The van der Waals surface area contributed by atoms with Crippen molar-refractivity contribution in [1.29, 1.82) is 0 Å². The normalized spacial score (nSPS) is 14.9. The van der Waals surface area contributed by atoms with Crippen LogP contribution in [0, 0.1) is 0 Å². The van der Waals surface area contributed by atoms with Gasteiger partial charge in [-0.1, -0.05) is 12.8 Å². The Bertz CT molecular complexity index is 342. The molecule has 2 rings (SSSR count). The number of anilines is 1. The second-order valence-corrected chi connectivity index (χ2v) is 4.82. The second kappa shape index (κ2) is 13.3. The summed E-state index contributed by atoms with van der Waals surface area (Å²) < 4.78 is 0. The van der Waals surface area contributed by atoms with Gasteiger partial charge in [0.05, 0.1) is 0 Å². The van der Waals surface area contributed by atoms with Gasteiger partial charge in [-0.25, -0.2) is 9.97 Å². The van der Waals surface area contributed by atoms with E-state index in [1.54, 1.807) is 0 Å². The summed E-state index contributed by atoms with van der Waals surface area (Å²) in [6.45, 7) is 4.68. The van der Waals surface area contributed by atoms with E-state index in [-0.39, 0.29) is 37.2 Å². The molecule has 0 aromatic carbocycles. The van der Waals surface area contributed by atoms with Crippen LogP contribution in [0.1, 0.15) is 31.2 Å². The van der Waals surface area contributed by atoms with E-state index in [0.29, 0.717) is 19.0 Å². The zero-order valence-corrected chi connectivity index (χ0v) is 14.6. The predicted molar refractivity (Wildman–Crippen MR) is 95.1 cm³/mol. The lowest BCUT2D eigenvalue weighted by molar-refractivity contribution is 0.276. The molecule has 0 radical (unpaired) electrons. The summed E-state index contributed by atoms with van der Waals surface area (Å²) in [6.07, 6.45) is 9.20. The third-order valence-electron chi connectivity index (χ3n) is 3.24. The van der Waals surface area contributed by atoms with Crippen LogP contribution in [-0.2, 0) is 6.54 Å².